The number of carboxylic acid groups (broad SMARTS) is 1. The molecule has 0 saturated heterocycles. The summed E-state index contributed by atoms with van der Waals surface area (Å²) in [4.78, 5) is 10.3. The lowest BCUT2D eigenvalue weighted by atomic mass is 10.1. The predicted molar refractivity (Wildman–Crippen MR) is 72.7 cm³/mol. The molecule has 0 fully saturated rings. The molecule has 0 aliphatic rings. The summed E-state index contributed by atoms with van der Waals surface area (Å²) < 4.78 is 10.4. The third kappa shape index (κ3) is 4.63. The fourth-order valence-corrected chi connectivity index (χ4v) is 1.64. The number of methoxy groups -OCH3 is 2. The minimum atomic E-state index is -0.944. The zero-order valence-electron chi connectivity index (χ0n) is 11.3. The summed E-state index contributed by atoms with van der Waals surface area (Å²) >= 11 is 0. The molecule has 0 saturated carbocycles. The second-order valence-corrected chi connectivity index (χ2v) is 3.98. The maximum atomic E-state index is 10.3. The van der Waals surface area contributed by atoms with E-state index in [1.54, 1.807) is 20.3 Å². The molecule has 104 valence electrons. The van der Waals surface area contributed by atoms with Crippen LogP contribution in [0.2, 0.25) is 0 Å². The van der Waals surface area contributed by atoms with E-state index in [2.05, 4.69) is 5.32 Å². The fraction of sp³-hybridized carbons (Fsp3) is 0.357. The molecule has 0 aliphatic heterocycles. The van der Waals surface area contributed by atoms with Crippen molar-refractivity contribution in [1.29, 1.82) is 0 Å². The largest absolute Gasteiger partial charge is 0.493 e. The summed E-state index contributed by atoms with van der Waals surface area (Å²) in [5.41, 5.74) is 1.04. The number of carbonyl (C=O) groups is 1. The van der Waals surface area contributed by atoms with Crippen molar-refractivity contribution in [2.45, 2.75) is 13.0 Å². The molecule has 2 N–H and O–H groups in total. The van der Waals surface area contributed by atoms with E-state index in [0.29, 0.717) is 18.0 Å². The Morgan fingerprint density at radius 2 is 2.05 bits per heavy atom. The van der Waals surface area contributed by atoms with Gasteiger partial charge in [-0.25, -0.2) is 4.79 Å². The van der Waals surface area contributed by atoms with E-state index < -0.39 is 5.97 Å². The Bertz CT molecular complexity index is 457. The van der Waals surface area contributed by atoms with Crippen LogP contribution in [0.1, 0.15) is 18.5 Å². The maximum absolute atomic E-state index is 10.3. The minimum absolute atomic E-state index is 0.0817. The summed E-state index contributed by atoms with van der Waals surface area (Å²) in [5, 5.41) is 11.7. The van der Waals surface area contributed by atoms with Crippen LogP contribution in [-0.4, -0.2) is 31.8 Å². The molecule has 0 amide bonds. The van der Waals surface area contributed by atoms with Gasteiger partial charge in [0.25, 0.3) is 0 Å². The molecule has 1 atom stereocenters. The molecule has 1 aromatic carbocycles. The third-order valence-corrected chi connectivity index (χ3v) is 2.71. The quantitative estimate of drug-likeness (QED) is 0.738. The average Bonchev–Trinajstić information content (AvgIpc) is 2.42. The Labute approximate surface area is 112 Å². The Kier molecular flexibility index (Phi) is 5.89. The van der Waals surface area contributed by atoms with Crippen LogP contribution in [0.15, 0.2) is 30.4 Å². The van der Waals surface area contributed by atoms with Crippen molar-refractivity contribution in [2.75, 3.05) is 20.8 Å². The van der Waals surface area contributed by atoms with Crippen molar-refractivity contribution in [1.82, 2.24) is 5.32 Å². The first-order chi connectivity index (χ1) is 9.08. The van der Waals surface area contributed by atoms with Gasteiger partial charge in [-0.2, -0.15) is 0 Å². The lowest BCUT2D eigenvalue weighted by Crippen LogP contribution is -2.18. The van der Waals surface area contributed by atoms with Gasteiger partial charge in [0.05, 0.1) is 14.2 Å². The molecule has 0 radical (unpaired) electrons. The van der Waals surface area contributed by atoms with Gasteiger partial charge in [0.1, 0.15) is 0 Å². The highest BCUT2D eigenvalue weighted by Gasteiger charge is 2.09. The first kappa shape index (κ1) is 15.0. The van der Waals surface area contributed by atoms with E-state index >= 15 is 0 Å². The molecular formula is C14H19NO4. The van der Waals surface area contributed by atoms with Crippen molar-refractivity contribution in [3.63, 3.8) is 0 Å². The van der Waals surface area contributed by atoms with Crippen LogP contribution >= 0.6 is 0 Å². The molecule has 1 unspecified atom stereocenters. The van der Waals surface area contributed by atoms with E-state index in [1.165, 1.54) is 0 Å². The smallest absolute Gasteiger partial charge is 0.328 e. The highest BCUT2D eigenvalue weighted by molar-refractivity contribution is 5.79. The summed E-state index contributed by atoms with van der Waals surface area (Å²) in [6.07, 6.45) is 2.69. The zero-order valence-corrected chi connectivity index (χ0v) is 11.3. The number of nitrogens with one attached hydrogen (secondary N) is 1. The Morgan fingerprint density at radius 3 is 2.63 bits per heavy atom. The van der Waals surface area contributed by atoms with Crippen LogP contribution in [0.4, 0.5) is 0 Å². The van der Waals surface area contributed by atoms with E-state index in [9.17, 15) is 4.79 Å². The van der Waals surface area contributed by atoms with Gasteiger partial charge in [0, 0.05) is 18.7 Å². The van der Waals surface area contributed by atoms with E-state index in [-0.39, 0.29) is 6.04 Å². The number of rotatable bonds is 7. The molecular weight excluding hydrogens is 246 g/mol. The SMILES string of the molecule is COc1ccc(C(C)NC/C=C/C(=O)O)cc1OC. The summed E-state index contributed by atoms with van der Waals surface area (Å²) in [7, 11) is 3.19. The lowest BCUT2D eigenvalue weighted by Gasteiger charge is -2.15. The average molecular weight is 265 g/mol. The molecule has 19 heavy (non-hydrogen) atoms. The number of carboxylic acids is 1. The highest BCUT2D eigenvalue weighted by atomic mass is 16.5. The molecule has 0 bridgehead atoms. The Balaban J connectivity index is 2.66. The minimum Gasteiger partial charge on any atom is -0.493 e. The van der Waals surface area contributed by atoms with Crippen molar-refractivity contribution in [3.8, 4) is 11.5 Å². The monoisotopic (exact) mass is 265 g/mol. The van der Waals surface area contributed by atoms with Crippen LogP contribution in [0, 0.1) is 0 Å². The van der Waals surface area contributed by atoms with Crippen LogP contribution in [0.5, 0.6) is 11.5 Å². The number of hydrogen-bond acceptors (Lipinski definition) is 4. The second kappa shape index (κ2) is 7.43. The molecule has 1 aromatic rings. The van der Waals surface area contributed by atoms with Crippen LogP contribution in [-0.2, 0) is 4.79 Å². The summed E-state index contributed by atoms with van der Waals surface area (Å²) in [6.45, 7) is 2.48. The van der Waals surface area contributed by atoms with Crippen LogP contribution in [0.3, 0.4) is 0 Å². The maximum Gasteiger partial charge on any atom is 0.328 e. The predicted octanol–water partition coefficient (Wildman–Crippen LogP) is 2.00. The van der Waals surface area contributed by atoms with E-state index in [4.69, 9.17) is 14.6 Å². The third-order valence-electron chi connectivity index (χ3n) is 2.71. The van der Waals surface area contributed by atoms with Gasteiger partial charge in [0.2, 0.25) is 0 Å². The van der Waals surface area contributed by atoms with Crippen molar-refractivity contribution >= 4 is 5.97 Å². The van der Waals surface area contributed by atoms with Gasteiger partial charge in [-0.1, -0.05) is 12.1 Å². The highest BCUT2D eigenvalue weighted by Crippen LogP contribution is 2.29. The van der Waals surface area contributed by atoms with E-state index in [0.717, 1.165) is 11.6 Å². The van der Waals surface area contributed by atoms with Gasteiger partial charge in [-0.3, -0.25) is 0 Å². The van der Waals surface area contributed by atoms with Gasteiger partial charge in [0.15, 0.2) is 11.5 Å². The topological polar surface area (TPSA) is 67.8 Å². The van der Waals surface area contributed by atoms with Gasteiger partial charge in [-0.15, -0.1) is 0 Å². The normalized spacial score (nSPS) is 12.4. The molecule has 1 rings (SSSR count). The summed E-state index contributed by atoms with van der Waals surface area (Å²) in [6, 6.07) is 5.77. The fourth-order valence-electron chi connectivity index (χ4n) is 1.64. The van der Waals surface area contributed by atoms with E-state index in [1.807, 2.05) is 25.1 Å². The van der Waals surface area contributed by atoms with Crippen molar-refractivity contribution in [2.24, 2.45) is 0 Å². The van der Waals surface area contributed by atoms with Crippen LogP contribution in [0.25, 0.3) is 0 Å². The second-order valence-electron chi connectivity index (χ2n) is 3.98. The number of aliphatic carboxylic acids is 1. The zero-order chi connectivity index (χ0) is 14.3. The Hall–Kier alpha value is -2.01. The molecule has 5 nitrogen and oxygen atoms in total. The molecule has 0 spiro atoms. The molecule has 0 heterocycles. The van der Waals surface area contributed by atoms with Crippen LogP contribution < -0.4 is 14.8 Å². The van der Waals surface area contributed by atoms with Gasteiger partial charge >= 0.3 is 5.97 Å². The van der Waals surface area contributed by atoms with Crippen molar-refractivity contribution in [3.05, 3.63) is 35.9 Å². The number of benzene rings is 1. The first-order valence-corrected chi connectivity index (χ1v) is 5.93. The standard InChI is InChI=1S/C14H19NO4/c1-10(15-8-4-5-14(16)17)11-6-7-12(18-2)13(9-11)19-3/h4-7,9-10,15H,8H2,1-3H3,(H,16,17)/b5-4+. The Morgan fingerprint density at radius 1 is 1.37 bits per heavy atom. The summed E-state index contributed by atoms with van der Waals surface area (Å²) in [5.74, 6) is 0.416. The van der Waals surface area contributed by atoms with Crippen molar-refractivity contribution < 1.29 is 19.4 Å². The number of hydrogen-bond donors (Lipinski definition) is 2. The number of ether oxygens (including phenoxy) is 2. The lowest BCUT2D eigenvalue weighted by molar-refractivity contribution is -0.131. The van der Waals surface area contributed by atoms with Gasteiger partial charge in [-0.05, 0) is 24.6 Å². The first-order valence-electron chi connectivity index (χ1n) is 5.93. The molecule has 0 aliphatic carbocycles. The molecule has 5 heteroatoms. The molecule has 0 aromatic heterocycles. The van der Waals surface area contributed by atoms with Gasteiger partial charge < -0.3 is 19.9 Å².